The fraction of sp³-hybridized carbons (Fsp3) is 0.273. The van der Waals surface area contributed by atoms with Crippen molar-refractivity contribution in [1.29, 1.82) is 0 Å². The van der Waals surface area contributed by atoms with Crippen molar-refractivity contribution in [2.45, 2.75) is 19.3 Å². The molecule has 17 heavy (non-hydrogen) atoms. The first-order valence-electron chi connectivity index (χ1n) is 5.35. The molecule has 90 valence electrons. The molecule has 0 saturated heterocycles. The number of rotatable bonds is 3. The maximum absolute atomic E-state index is 11.2. The van der Waals surface area contributed by atoms with Gasteiger partial charge in [0, 0.05) is 6.20 Å². The SMILES string of the molecule is O=c1[nH]ncc(NNC=C2CC=CCC2)c1Cl. The molecule has 1 aromatic rings. The highest BCUT2D eigenvalue weighted by Gasteiger charge is 2.03. The normalized spacial score (nSPS) is 17.1. The van der Waals surface area contributed by atoms with Crippen molar-refractivity contribution < 1.29 is 0 Å². The van der Waals surface area contributed by atoms with E-state index in [0.29, 0.717) is 5.69 Å². The summed E-state index contributed by atoms with van der Waals surface area (Å²) in [6.07, 6.45) is 10.7. The summed E-state index contributed by atoms with van der Waals surface area (Å²) in [6, 6.07) is 0. The molecule has 0 bridgehead atoms. The molecule has 0 aromatic carbocycles. The number of nitrogens with zero attached hydrogens (tertiary/aromatic N) is 1. The largest absolute Gasteiger partial charge is 0.308 e. The smallest absolute Gasteiger partial charge is 0.285 e. The Labute approximate surface area is 104 Å². The molecule has 1 aliphatic carbocycles. The Balaban J connectivity index is 1.96. The minimum Gasteiger partial charge on any atom is -0.308 e. The van der Waals surface area contributed by atoms with Gasteiger partial charge in [-0.3, -0.25) is 10.2 Å². The second-order valence-electron chi connectivity index (χ2n) is 3.71. The number of allylic oxidation sites excluding steroid dienone is 3. The van der Waals surface area contributed by atoms with Crippen LogP contribution in [0.15, 0.2) is 34.9 Å². The predicted molar refractivity (Wildman–Crippen MR) is 67.7 cm³/mol. The minimum absolute atomic E-state index is 0.0921. The van der Waals surface area contributed by atoms with E-state index in [2.05, 4.69) is 33.2 Å². The van der Waals surface area contributed by atoms with Crippen molar-refractivity contribution in [3.05, 3.63) is 45.5 Å². The average molecular weight is 253 g/mol. The van der Waals surface area contributed by atoms with Gasteiger partial charge in [0.1, 0.15) is 5.02 Å². The number of halogens is 1. The molecule has 2 rings (SSSR count). The molecule has 6 heteroatoms. The minimum atomic E-state index is -0.410. The lowest BCUT2D eigenvalue weighted by atomic mass is 10.0. The summed E-state index contributed by atoms with van der Waals surface area (Å²) in [6.45, 7) is 0. The number of hydrogen-bond donors (Lipinski definition) is 3. The third kappa shape index (κ3) is 3.10. The summed E-state index contributed by atoms with van der Waals surface area (Å²) in [7, 11) is 0. The Morgan fingerprint density at radius 2 is 2.35 bits per heavy atom. The van der Waals surface area contributed by atoms with Crippen molar-refractivity contribution >= 4 is 17.3 Å². The number of nitrogens with one attached hydrogen (secondary N) is 3. The quantitative estimate of drug-likeness (QED) is 0.568. The monoisotopic (exact) mass is 252 g/mol. The van der Waals surface area contributed by atoms with Crippen LogP contribution in [0, 0.1) is 0 Å². The van der Waals surface area contributed by atoms with Gasteiger partial charge in [-0.15, -0.1) is 0 Å². The molecule has 0 fully saturated rings. The molecule has 1 heterocycles. The molecule has 1 aliphatic rings. The van der Waals surface area contributed by atoms with Crippen LogP contribution in [0.2, 0.25) is 5.02 Å². The number of aromatic nitrogens is 2. The van der Waals surface area contributed by atoms with Crippen molar-refractivity contribution in [3.8, 4) is 0 Å². The third-order valence-corrected chi connectivity index (χ3v) is 2.83. The molecule has 0 atom stereocenters. The standard InChI is InChI=1S/C11H13ClN4O/c12-10-9(7-14-16-11(10)17)15-13-6-8-4-2-1-3-5-8/h1-2,6-7,13H,3-5H2,(H2,15,16,17). The van der Waals surface area contributed by atoms with Crippen molar-refractivity contribution in [2.75, 3.05) is 5.43 Å². The Morgan fingerprint density at radius 3 is 3.12 bits per heavy atom. The Kier molecular flexibility index (Phi) is 3.82. The molecule has 0 spiro atoms. The van der Waals surface area contributed by atoms with Gasteiger partial charge in [-0.1, -0.05) is 23.8 Å². The van der Waals surface area contributed by atoms with Crippen LogP contribution in [0.1, 0.15) is 19.3 Å². The highest BCUT2D eigenvalue weighted by Crippen LogP contribution is 2.16. The molecule has 5 nitrogen and oxygen atoms in total. The van der Waals surface area contributed by atoms with Gasteiger partial charge in [0.05, 0.1) is 11.9 Å². The van der Waals surface area contributed by atoms with E-state index in [-0.39, 0.29) is 5.02 Å². The van der Waals surface area contributed by atoms with Gasteiger partial charge in [0.25, 0.3) is 5.56 Å². The third-order valence-electron chi connectivity index (χ3n) is 2.46. The van der Waals surface area contributed by atoms with E-state index in [0.717, 1.165) is 19.3 Å². The summed E-state index contributed by atoms with van der Waals surface area (Å²) in [4.78, 5) is 11.2. The first-order chi connectivity index (χ1) is 8.27. The molecule has 0 unspecified atom stereocenters. The van der Waals surface area contributed by atoms with Gasteiger partial charge >= 0.3 is 0 Å². The highest BCUT2D eigenvalue weighted by molar-refractivity contribution is 6.32. The summed E-state index contributed by atoms with van der Waals surface area (Å²) >= 11 is 5.80. The first kappa shape index (κ1) is 11.7. The lowest BCUT2D eigenvalue weighted by Gasteiger charge is -2.11. The van der Waals surface area contributed by atoms with E-state index in [4.69, 9.17) is 11.6 Å². The number of aromatic amines is 1. The zero-order valence-corrected chi connectivity index (χ0v) is 9.92. The molecular formula is C11H13ClN4O. The Hall–Kier alpha value is -1.75. The lowest BCUT2D eigenvalue weighted by Crippen LogP contribution is -2.19. The van der Waals surface area contributed by atoms with E-state index in [1.54, 1.807) is 0 Å². The van der Waals surface area contributed by atoms with Gasteiger partial charge < -0.3 is 5.43 Å². The Morgan fingerprint density at radius 1 is 1.47 bits per heavy atom. The summed E-state index contributed by atoms with van der Waals surface area (Å²) in [5.41, 5.74) is 7.10. The van der Waals surface area contributed by atoms with Gasteiger partial charge in [0.2, 0.25) is 0 Å². The molecule has 0 amide bonds. The van der Waals surface area contributed by atoms with Crippen LogP contribution in [0.4, 0.5) is 5.69 Å². The number of hydrazine groups is 1. The van der Waals surface area contributed by atoms with Crippen molar-refractivity contribution in [2.24, 2.45) is 0 Å². The van der Waals surface area contributed by atoms with Gasteiger partial charge in [0.15, 0.2) is 0 Å². The molecule has 1 aromatic heterocycles. The maximum Gasteiger partial charge on any atom is 0.285 e. The van der Waals surface area contributed by atoms with Crippen LogP contribution in [-0.4, -0.2) is 10.2 Å². The van der Waals surface area contributed by atoms with Crippen molar-refractivity contribution in [3.63, 3.8) is 0 Å². The lowest BCUT2D eigenvalue weighted by molar-refractivity contribution is 0.870. The second kappa shape index (κ2) is 5.54. The average Bonchev–Trinajstić information content (AvgIpc) is 2.36. The summed E-state index contributed by atoms with van der Waals surface area (Å²) < 4.78 is 0. The van der Waals surface area contributed by atoms with E-state index in [9.17, 15) is 4.79 Å². The second-order valence-corrected chi connectivity index (χ2v) is 4.09. The van der Waals surface area contributed by atoms with Crippen LogP contribution in [0.5, 0.6) is 0 Å². The number of anilines is 1. The van der Waals surface area contributed by atoms with E-state index < -0.39 is 5.56 Å². The van der Waals surface area contributed by atoms with E-state index in [1.165, 1.54) is 11.8 Å². The van der Waals surface area contributed by atoms with E-state index in [1.807, 2.05) is 6.20 Å². The van der Waals surface area contributed by atoms with Crippen LogP contribution in [0.25, 0.3) is 0 Å². The highest BCUT2D eigenvalue weighted by atomic mass is 35.5. The van der Waals surface area contributed by atoms with Crippen LogP contribution in [-0.2, 0) is 0 Å². The molecular weight excluding hydrogens is 240 g/mol. The first-order valence-corrected chi connectivity index (χ1v) is 5.73. The van der Waals surface area contributed by atoms with Gasteiger partial charge in [-0.2, -0.15) is 5.10 Å². The van der Waals surface area contributed by atoms with Crippen LogP contribution in [0.3, 0.4) is 0 Å². The maximum atomic E-state index is 11.2. The topological polar surface area (TPSA) is 69.8 Å². The van der Waals surface area contributed by atoms with E-state index >= 15 is 0 Å². The molecule has 0 aliphatic heterocycles. The summed E-state index contributed by atoms with van der Waals surface area (Å²) in [5.74, 6) is 0. The van der Waals surface area contributed by atoms with Crippen molar-refractivity contribution in [1.82, 2.24) is 15.6 Å². The fourth-order valence-corrected chi connectivity index (χ4v) is 1.68. The predicted octanol–water partition coefficient (Wildman–Crippen LogP) is 1.96. The van der Waals surface area contributed by atoms with Gasteiger partial charge in [-0.25, -0.2) is 5.10 Å². The molecule has 0 radical (unpaired) electrons. The van der Waals surface area contributed by atoms with Crippen LogP contribution < -0.4 is 16.4 Å². The zero-order chi connectivity index (χ0) is 12.1. The molecule has 3 N–H and O–H groups in total. The number of H-pyrrole nitrogens is 1. The Bertz CT molecular complexity index is 506. The van der Waals surface area contributed by atoms with Gasteiger partial charge in [-0.05, 0) is 24.8 Å². The molecule has 0 saturated carbocycles. The zero-order valence-electron chi connectivity index (χ0n) is 9.16. The fourth-order valence-electron chi connectivity index (χ4n) is 1.54. The number of hydrogen-bond acceptors (Lipinski definition) is 4. The summed E-state index contributed by atoms with van der Waals surface area (Å²) in [5, 5.41) is 6.00. The van der Waals surface area contributed by atoms with Crippen LogP contribution >= 0.6 is 11.6 Å².